The molecule has 82 valence electrons. The molecule has 0 aromatic heterocycles. The monoisotopic (exact) mass is 207 g/mol. The summed E-state index contributed by atoms with van der Waals surface area (Å²) in [5.41, 5.74) is 3.48. The molecule has 0 saturated heterocycles. The van der Waals surface area contributed by atoms with Crippen LogP contribution in [-0.2, 0) is 0 Å². The Bertz CT molecular complexity index is 234. The van der Waals surface area contributed by atoms with Gasteiger partial charge in [0.25, 0.3) is 0 Å². The highest BCUT2D eigenvalue weighted by atomic mass is 19.4. The van der Waals surface area contributed by atoms with Crippen LogP contribution in [0.25, 0.3) is 0 Å². The number of hydrogen-bond donors (Lipinski definition) is 1. The number of fused-ring (bicyclic) bond motifs is 2. The van der Waals surface area contributed by atoms with Gasteiger partial charge in [0.05, 0.1) is 0 Å². The maximum absolute atomic E-state index is 12.7. The van der Waals surface area contributed by atoms with E-state index in [1.165, 1.54) is 0 Å². The van der Waals surface area contributed by atoms with E-state index in [9.17, 15) is 13.2 Å². The van der Waals surface area contributed by atoms with Crippen LogP contribution in [0.4, 0.5) is 13.2 Å². The highest BCUT2D eigenvalue weighted by Gasteiger charge is 2.58. The molecule has 14 heavy (non-hydrogen) atoms. The molecule has 4 atom stereocenters. The highest BCUT2D eigenvalue weighted by Crippen LogP contribution is 2.54. The third-order valence-electron chi connectivity index (χ3n) is 4.12. The zero-order valence-corrected chi connectivity index (χ0v) is 8.27. The standard InChI is InChI=1S/C10H16F3N/c1-9(14,10(11,12)13)8-5-6-2-3-7(8)4-6/h6-8H,2-5,14H2,1H3. The molecule has 2 saturated carbocycles. The second-order valence-corrected chi connectivity index (χ2v) is 5.06. The van der Waals surface area contributed by atoms with Crippen LogP contribution >= 0.6 is 0 Å². The molecule has 0 amide bonds. The second-order valence-electron chi connectivity index (χ2n) is 5.06. The van der Waals surface area contributed by atoms with Crippen molar-refractivity contribution in [2.45, 2.75) is 44.3 Å². The second kappa shape index (κ2) is 2.87. The van der Waals surface area contributed by atoms with E-state index in [-0.39, 0.29) is 11.8 Å². The molecule has 4 unspecified atom stereocenters. The third kappa shape index (κ3) is 1.35. The molecular formula is C10H16F3N. The molecule has 0 aromatic carbocycles. The third-order valence-corrected chi connectivity index (χ3v) is 4.12. The van der Waals surface area contributed by atoms with E-state index in [4.69, 9.17) is 5.73 Å². The summed E-state index contributed by atoms with van der Waals surface area (Å²) >= 11 is 0. The first-order chi connectivity index (χ1) is 6.32. The molecule has 0 spiro atoms. The average Bonchev–Trinajstić information content (AvgIpc) is 2.61. The minimum absolute atomic E-state index is 0.219. The summed E-state index contributed by atoms with van der Waals surface area (Å²) in [4.78, 5) is 0. The lowest BCUT2D eigenvalue weighted by molar-refractivity contribution is -0.200. The summed E-state index contributed by atoms with van der Waals surface area (Å²) in [7, 11) is 0. The smallest absolute Gasteiger partial charge is 0.318 e. The fourth-order valence-corrected chi connectivity index (χ4v) is 3.19. The van der Waals surface area contributed by atoms with E-state index in [0.717, 1.165) is 26.2 Å². The SMILES string of the molecule is CC(N)(C1CC2CCC1C2)C(F)(F)F. The van der Waals surface area contributed by atoms with Gasteiger partial charge in [-0.2, -0.15) is 13.2 Å². The first-order valence-corrected chi connectivity index (χ1v) is 5.18. The van der Waals surface area contributed by atoms with Gasteiger partial charge in [-0.05, 0) is 43.9 Å². The van der Waals surface area contributed by atoms with Crippen LogP contribution in [0.15, 0.2) is 0 Å². The summed E-state index contributed by atoms with van der Waals surface area (Å²) < 4.78 is 38.1. The molecule has 2 N–H and O–H groups in total. The number of nitrogens with two attached hydrogens (primary N) is 1. The van der Waals surface area contributed by atoms with E-state index in [2.05, 4.69) is 0 Å². The van der Waals surface area contributed by atoms with E-state index in [1.807, 2.05) is 0 Å². The van der Waals surface area contributed by atoms with Crippen LogP contribution in [0.5, 0.6) is 0 Å². The lowest BCUT2D eigenvalue weighted by Gasteiger charge is -2.38. The van der Waals surface area contributed by atoms with Crippen LogP contribution in [0.2, 0.25) is 0 Å². The van der Waals surface area contributed by atoms with Crippen molar-refractivity contribution in [2.75, 3.05) is 0 Å². The van der Waals surface area contributed by atoms with Crippen LogP contribution in [0.3, 0.4) is 0 Å². The fraction of sp³-hybridized carbons (Fsp3) is 1.00. The van der Waals surface area contributed by atoms with Gasteiger partial charge in [0.2, 0.25) is 0 Å². The molecule has 2 aliphatic carbocycles. The molecular weight excluding hydrogens is 191 g/mol. The van der Waals surface area contributed by atoms with Gasteiger partial charge in [0.1, 0.15) is 5.54 Å². The van der Waals surface area contributed by atoms with E-state index < -0.39 is 11.7 Å². The van der Waals surface area contributed by atoms with Crippen LogP contribution in [-0.4, -0.2) is 11.7 Å². The Balaban J connectivity index is 2.16. The van der Waals surface area contributed by atoms with Crippen molar-refractivity contribution >= 4 is 0 Å². The molecule has 0 heterocycles. The van der Waals surface area contributed by atoms with Gasteiger partial charge in [-0.1, -0.05) is 6.42 Å². The molecule has 1 nitrogen and oxygen atoms in total. The molecule has 2 fully saturated rings. The maximum atomic E-state index is 12.7. The van der Waals surface area contributed by atoms with Crippen LogP contribution in [0.1, 0.15) is 32.6 Å². The Kier molecular flexibility index (Phi) is 2.11. The zero-order valence-electron chi connectivity index (χ0n) is 8.27. The van der Waals surface area contributed by atoms with Gasteiger partial charge in [-0.15, -0.1) is 0 Å². The molecule has 0 radical (unpaired) electrons. The van der Waals surface area contributed by atoms with Crippen LogP contribution in [0, 0.1) is 17.8 Å². The summed E-state index contributed by atoms with van der Waals surface area (Å²) in [6.45, 7) is 1.15. The predicted octanol–water partition coefficient (Wildman–Crippen LogP) is 2.70. The summed E-state index contributed by atoms with van der Waals surface area (Å²) in [5.74, 6) is 0.382. The van der Waals surface area contributed by atoms with Crippen molar-refractivity contribution in [1.82, 2.24) is 0 Å². The van der Waals surface area contributed by atoms with E-state index >= 15 is 0 Å². The number of halogens is 3. The first kappa shape index (κ1) is 10.3. The van der Waals surface area contributed by atoms with Crippen molar-refractivity contribution < 1.29 is 13.2 Å². The Hall–Kier alpha value is -0.250. The quantitative estimate of drug-likeness (QED) is 0.703. The summed E-state index contributed by atoms with van der Waals surface area (Å²) in [5, 5.41) is 0. The van der Waals surface area contributed by atoms with Gasteiger partial charge < -0.3 is 5.73 Å². The Morgan fingerprint density at radius 1 is 1.14 bits per heavy atom. The Morgan fingerprint density at radius 2 is 1.79 bits per heavy atom. The van der Waals surface area contributed by atoms with Gasteiger partial charge in [0, 0.05) is 0 Å². The topological polar surface area (TPSA) is 26.0 Å². The summed E-state index contributed by atoms with van der Waals surface area (Å²) in [6.07, 6.45) is -0.569. The molecule has 4 heteroatoms. The maximum Gasteiger partial charge on any atom is 0.406 e. The minimum Gasteiger partial charge on any atom is -0.318 e. The van der Waals surface area contributed by atoms with Crippen molar-refractivity contribution in [1.29, 1.82) is 0 Å². The zero-order chi connectivity index (χ0) is 10.6. The first-order valence-electron chi connectivity index (χ1n) is 5.18. The van der Waals surface area contributed by atoms with Crippen molar-refractivity contribution in [3.8, 4) is 0 Å². The number of hydrogen-bond acceptors (Lipinski definition) is 1. The Labute approximate surface area is 81.8 Å². The fourth-order valence-electron chi connectivity index (χ4n) is 3.19. The van der Waals surface area contributed by atoms with Crippen molar-refractivity contribution in [3.05, 3.63) is 0 Å². The number of alkyl halides is 3. The highest BCUT2D eigenvalue weighted by molar-refractivity contribution is 5.03. The molecule has 2 aliphatic rings. The minimum atomic E-state index is -4.26. The van der Waals surface area contributed by atoms with Gasteiger partial charge in [0.15, 0.2) is 0 Å². The van der Waals surface area contributed by atoms with Crippen molar-refractivity contribution in [3.63, 3.8) is 0 Å². The van der Waals surface area contributed by atoms with Gasteiger partial charge >= 0.3 is 6.18 Å². The van der Waals surface area contributed by atoms with Crippen LogP contribution < -0.4 is 5.73 Å². The molecule has 0 aromatic rings. The summed E-state index contributed by atoms with van der Waals surface area (Å²) in [6, 6.07) is 0. The number of rotatable bonds is 1. The Morgan fingerprint density at radius 3 is 2.14 bits per heavy atom. The van der Waals surface area contributed by atoms with Gasteiger partial charge in [-0.25, -0.2) is 0 Å². The normalized spacial score (nSPS) is 41.4. The average molecular weight is 207 g/mol. The molecule has 2 rings (SSSR count). The largest absolute Gasteiger partial charge is 0.406 e. The molecule has 0 aliphatic heterocycles. The lowest BCUT2D eigenvalue weighted by atomic mass is 9.75. The van der Waals surface area contributed by atoms with E-state index in [1.54, 1.807) is 0 Å². The van der Waals surface area contributed by atoms with Gasteiger partial charge in [-0.3, -0.25) is 0 Å². The lowest BCUT2D eigenvalue weighted by Crippen LogP contribution is -2.57. The predicted molar refractivity (Wildman–Crippen MR) is 47.6 cm³/mol. The van der Waals surface area contributed by atoms with E-state index in [0.29, 0.717) is 12.3 Å². The molecule has 2 bridgehead atoms. The van der Waals surface area contributed by atoms with Crippen molar-refractivity contribution in [2.24, 2.45) is 23.5 Å².